The number of hydrogen-bond donors (Lipinski definition) is 0. The number of rotatable bonds is 3. The zero-order valence-corrected chi connectivity index (χ0v) is 9.96. The fraction of sp³-hybridized carbons (Fsp3) is 0. The lowest BCUT2D eigenvalue weighted by molar-refractivity contribution is 0.104. The summed E-state index contributed by atoms with van der Waals surface area (Å²) < 4.78 is 0. The second-order valence-corrected chi connectivity index (χ2v) is 4.64. The molecule has 1 heterocycles. The average molecular weight is 249 g/mol. The minimum atomic E-state index is -0.0316. The molecule has 0 aliphatic heterocycles. The van der Waals surface area contributed by atoms with Crippen LogP contribution in [0.3, 0.4) is 0 Å². The molecule has 0 saturated carbocycles. The highest BCUT2D eigenvalue weighted by Crippen LogP contribution is 2.14. The van der Waals surface area contributed by atoms with Gasteiger partial charge in [0, 0.05) is 15.5 Å². The van der Waals surface area contributed by atoms with E-state index in [0.29, 0.717) is 10.6 Å². The largest absolute Gasteiger partial charge is 0.289 e. The van der Waals surface area contributed by atoms with Crippen molar-refractivity contribution in [2.75, 3.05) is 0 Å². The average Bonchev–Trinajstić information content (AvgIpc) is 2.78. The lowest BCUT2D eigenvalue weighted by atomic mass is 10.1. The molecule has 0 radical (unpaired) electrons. The molecule has 0 aliphatic rings. The Labute approximate surface area is 103 Å². The first-order valence-electron chi connectivity index (χ1n) is 4.77. The molecule has 0 atom stereocenters. The van der Waals surface area contributed by atoms with E-state index in [1.807, 2.05) is 23.6 Å². The summed E-state index contributed by atoms with van der Waals surface area (Å²) in [7, 11) is 0. The molecular formula is C13H9ClOS. The minimum Gasteiger partial charge on any atom is -0.289 e. The number of halogens is 1. The van der Waals surface area contributed by atoms with E-state index in [0.717, 1.165) is 4.88 Å². The van der Waals surface area contributed by atoms with E-state index in [1.54, 1.807) is 41.7 Å². The van der Waals surface area contributed by atoms with Crippen LogP contribution < -0.4 is 0 Å². The molecule has 0 amide bonds. The third-order valence-electron chi connectivity index (χ3n) is 2.05. The van der Waals surface area contributed by atoms with Crippen molar-refractivity contribution < 1.29 is 4.79 Å². The molecule has 0 spiro atoms. The van der Waals surface area contributed by atoms with Gasteiger partial charge < -0.3 is 0 Å². The smallest absolute Gasteiger partial charge is 0.185 e. The maximum absolute atomic E-state index is 11.8. The van der Waals surface area contributed by atoms with Gasteiger partial charge in [0.15, 0.2) is 5.78 Å². The maximum Gasteiger partial charge on any atom is 0.185 e. The van der Waals surface area contributed by atoms with Crippen molar-refractivity contribution in [2.45, 2.75) is 0 Å². The fourth-order valence-electron chi connectivity index (χ4n) is 1.28. The Bertz CT molecular complexity index is 514. The molecule has 0 bridgehead atoms. The third kappa shape index (κ3) is 2.81. The second kappa shape index (κ2) is 5.10. The highest BCUT2D eigenvalue weighted by Gasteiger charge is 2.01. The van der Waals surface area contributed by atoms with E-state index >= 15 is 0 Å². The van der Waals surface area contributed by atoms with Crippen molar-refractivity contribution >= 4 is 34.8 Å². The van der Waals surface area contributed by atoms with Gasteiger partial charge in [-0.2, -0.15) is 0 Å². The summed E-state index contributed by atoms with van der Waals surface area (Å²) >= 11 is 7.41. The lowest BCUT2D eigenvalue weighted by Gasteiger charge is -1.95. The van der Waals surface area contributed by atoms with Crippen LogP contribution in [-0.4, -0.2) is 5.78 Å². The Morgan fingerprint density at radius 2 is 2.12 bits per heavy atom. The van der Waals surface area contributed by atoms with Crippen LogP contribution in [0.5, 0.6) is 0 Å². The molecule has 0 unspecified atom stereocenters. The molecule has 16 heavy (non-hydrogen) atoms. The molecule has 1 nitrogen and oxygen atoms in total. The maximum atomic E-state index is 11.8. The van der Waals surface area contributed by atoms with Gasteiger partial charge in [0.25, 0.3) is 0 Å². The third-order valence-corrected chi connectivity index (χ3v) is 3.12. The number of ketones is 1. The summed E-state index contributed by atoms with van der Waals surface area (Å²) in [5, 5.41) is 2.55. The first-order valence-corrected chi connectivity index (χ1v) is 6.03. The van der Waals surface area contributed by atoms with Crippen molar-refractivity contribution in [3.05, 3.63) is 63.3 Å². The van der Waals surface area contributed by atoms with E-state index in [1.165, 1.54) is 0 Å². The Hall–Kier alpha value is -1.38. The van der Waals surface area contributed by atoms with Crippen LogP contribution in [0.25, 0.3) is 6.08 Å². The molecule has 0 saturated heterocycles. The minimum absolute atomic E-state index is 0.0316. The zero-order chi connectivity index (χ0) is 11.4. The number of benzene rings is 1. The summed E-state index contributed by atoms with van der Waals surface area (Å²) in [5.41, 5.74) is 0.611. The first kappa shape index (κ1) is 11.1. The predicted octanol–water partition coefficient (Wildman–Crippen LogP) is 4.30. The normalized spacial score (nSPS) is 10.8. The standard InChI is InChI=1S/C13H9ClOS/c14-11-4-1-3-10(9-11)13(15)7-6-12-5-2-8-16-12/h1-9H. The molecule has 0 N–H and O–H groups in total. The number of thiophene rings is 1. The molecule has 0 fully saturated rings. The fourth-order valence-corrected chi connectivity index (χ4v) is 2.09. The first-order chi connectivity index (χ1) is 7.75. The Balaban J connectivity index is 2.15. The van der Waals surface area contributed by atoms with Crippen molar-refractivity contribution in [2.24, 2.45) is 0 Å². The highest BCUT2D eigenvalue weighted by atomic mass is 35.5. The predicted molar refractivity (Wildman–Crippen MR) is 69.1 cm³/mol. The van der Waals surface area contributed by atoms with Crippen molar-refractivity contribution in [1.29, 1.82) is 0 Å². The summed E-state index contributed by atoms with van der Waals surface area (Å²) in [5.74, 6) is -0.0316. The Morgan fingerprint density at radius 3 is 2.81 bits per heavy atom. The van der Waals surface area contributed by atoms with E-state index in [-0.39, 0.29) is 5.78 Å². The quantitative estimate of drug-likeness (QED) is 0.585. The van der Waals surface area contributed by atoms with Gasteiger partial charge >= 0.3 is 0 Å². The van der Waals surface area contributed by atoms with E-state index < -0.39 is 0 Å². The van der Waals surface area contributed by atoms with Crippen LogP contribution in [0.4, 0.5) is 0 Å². The number of carbonyl (C=O) groups excluding carboxylic acids is 1. The molecule has 80 valence electrons. The van der Waals surface area contributed by atoms with Gasteiger partial charge in [0.2, 0.25) is 0 Å². The highest BCUT2D eigenvalue weighted by molar-refractivity contribution is 7.10. The van der Waals surface area contributed by atoms with E-state index in [9.17, 15) is 4.79 Å². The zero-order valence-electron chi connectivity index (χ0n) is 8.39. The van der Waals surface area contributed by atoms with Crippen LogP contribution >= 0.6 is 22.9 Å². The van der Waals surface area contributed by atoms with Crippen molar-refractivity contribution in [3.63, 3.8) is 0 Å². The van der Waals surface area contributed by atoms with Gasteiger partial charge in [0.05, 0.1) is 0 Å². The van der Waals surface area contributed by atoms with Gasteiger partial charge in [0.1, 0.15) is 0 Å². The van der Waals surface area contributed by atoms with E-state index in [4.69, 9.17) is 11.6 Å². The second-order valence-electron chi connectivity index (χ2n) is 3.22. The SMILES string of the molecule is O=C(C=Cc1cccs1)c1cccc(Cl)c1. The molecule has 1 aromatic carbocycles. The van der Waals surface area contributed by atoms with Crippen LogP contribution in [0, 0.1) is 0 Å². The van der Waals surface area contributed by atoms with Crippen molar-refractivity contribution in [3.8, 4) is 0 Å². The molecule has 2 aromatic rings. The van der Waals surface area contributed by atoms with Crippen LogP contribution in [-0.2, 0) is 0 Å². The topological polar surface area (TPSA) is 17.1 Å². The van der Waals surface area contributed by atoms with E-state index in [2.05, 4.69) is 0 Å². The van der Waals surface area contributed by atoms with Gasteiger partial charge in [-0.15, -0.1) is 11.3 Å². The van der Waals surface area contributed by atoms with Crippen LogP contribution in [0.2, 0.25) is 5.02 Å². The Morgan fingerprint density at radius 1 is 1.25 bits per heavy atom. The molecular weight excluding hydrogens is 240 g/mol. The number of hydrogen-bond acceptors (Lipinski definition) is 2. The van der Waals surface area contributed by atoms with Gasteiger partial charge in [-0.3, -0.25) is 4.79 Å². The summed E-state index contributed by atoms with van der Waals surface area (Å²) in [6.45, 7) is 0. The summed E-state index contributed by atoms with van der Waals surface area (Å²) in [6.07, 6.45) is 3.38. The number of carbonyl (C=O) groups is 1. The summed E-state index contributed by atoms with van der Waals surface area (Å²) in [6, 6.07) is 10.9. The molecule has 0 aliphatic carbocycles. The number of allylic oxidation sites excluding steroid dienone is 1. The molecule has 1 aromatic heterocycles. The van der Waals surface area contributed by atoms with Gasteiger partial charge in [-0.25, -0.2) is 0 Å². The monoisotopic (exact) mass is 248 g/mol. The van der Waals surface area contributed by atoms with Crippen molar-refractivity contribution in [1.82, 2.24) is 0 Å². The lowest BCUT2D eigenvalue weighted by Crippen LogP contribution is -1.92. The summed E-state index contributed by atoms with van der Waals surface area (Å²) in [4.78, 5) is 12.8. The van der Waals surface area contributed by atoms with Gasteiger partial charge in [-0.1, -0.05) is 29.8 Å². The van der Waals surface area contributed by atoms with Gasteiger partial charge in [-0.05, 0) is 35.7 Å². The molecule has 2 rings (SSSR count). The van der Waals surface area contributed by atoms with Crippen LogP contribution in [0.15, 0.2) is 47.9 Å². The molecule has 3 heteroatoms. The van der Waals surface area contributed by atoms with Crippen LogP contribution in [0.1, 0.15) is 15.2 Å². The Kier molecular flexibility index (Phi) is 3.54.